The fourth-order valence-electron chi connectivity index (χ4n) is 9.83. The van der Waals surface area contributed by atoms with E-state index in [4.69, 9.17) is 4.74 Å². The maximum Gasteiger partial charge on any atom is 0.240 e. The first-order chi connectivity index (χ1) is 17.0. The van der Waals surface area contributed by atoms with Crippen molar-refractivity contribution in [3.63, 3.8) is 0 Å². The molecule has 0 spiro atoms. The van der Waals surface area contributed by atoms with Crippen LogP contribution in [0.1, 0.15) is 120 Å². The molecule has 8 atom stereocenters. The number of hydrogen-bond acceptors (Lipinski definition) is 4. The van der Waals surface area contributed by atoms with Gasteiger partial charge in [0.2, 0.25) is 5.60 Å². The van der Waals surface area contributed by atoms with E-state index in [0.29, 0.717) is 0 Å². The first-order valence-electron chi connectivity index (χ1n) is 14.9. The van der Waals surface area contributed by atoms with Crippen LogP contribution in [-0.2, 0) is 14.3 Å². The summed E-state index contributed by atoms with van der Waals surface area (Å²) < 4.78 is 6.13. The Bertz CT molecular complexity index is 1110. The summed E-state index contributed by atoms with van der Waals surface area (Å²) in [4.78, 5) is 27.7. The van der Waals surface area contributed by atoms with Crippen LogP contribution in [0.2, 0.25) is 0 Å². The monoisotopic (exact) mass is 507 g/mol. The summed E-state index contributed by atoms with van der Waals surface area (Å²) in [6, 6.07) is 2.28. The molecule has 1 unspecified atom stereocenters. The van der Waals surface area contributed by atoms with Gasteiger partial charge >= 0.3 is 0 Å². The van der Waals surface area contributed by atoms with Crippen LogP contribution in [0.4, 0.5) is 0 Å². The molecule has 5 rings (SSSR count). The van der Waals surface area contributed by atoms with E-state index in [0.717, 1.165) is 44.9 Å². The van der Waals surface area contributed by atoms with Crippen LogP contribution in [0, 0.1) is 55.7 Å². The van der Waals surface area contributed by atoms with Crippen molar-refractivity contribution in [3.8, 4) is 6.07 Å². The lowest BCUT2D eigenvalue weighted by atomic mass is 9.37. The summed E-state index contributed by atoms with van der Waals surface area (Å²) in [5.41, 5.74) is -1.16. The van der Waals surface area contributed by atoms with E-state index in [2.05, 4.69) is 54.5 Å². The molecule has 4 heteroatoms. The molecule has 1 saturated heterocycles. The van der Waals surface area contributed by atoms with E-state index < -0.39 is 22.5 Å². The smallest absolute Gasteiger partial charge is 0.240 e. The molecule has 4 fully saturated rings. The van der Waals surface area contributed by atoms with Crippen LogP contribution < -0.4 is 0 Å². The summed E-state index contributed by atoms with van der Waals surface area (Å²) in [7, 11) is 0. The van der Waals surface area contributed by atoms with E-state index in [1.807, 2.05) is 19.9 Å². The minimum absolute atomic E-state index is 0.0129. The Kier molecular flexibility index (Phi) is 5.72. The fourth-order valence-corrected chi connectivity index (χ4v) is 9.83. The number of fused-ring (bicyclic) bond motifs is 7. The summed E-state index contributed by atoms with van der Waals surface area (Å²) in [5, 5.41) is 10.1. The van der Waals surface area contributed by atoms with Crippen molar-refractivity contribution in [2.45, 2.75) is 132 Å². The van der Waals surface area contributed by atoms with Crippen molar-refractivity contribution in [3.05, 3.63) is 11.6 Å². The highest BCUT2D eigenvalue weighted by Gasteiger charge is 2.82. The zero-order chi connectivity index (χ0) is 27.4. The Labute approximate surface area is 225 Å². The molecule has 0 bridgehead atoms. The zero-order valence-corrected chi connectivity index (χ0v) is 24.8. The SMILES string of the molecule is CC[C@@]1(C)CCC(C)(C)CCC2C(=O)C=C3[C@@]4(C)[C@H]5O[C@@]5(C#N)C(=O)C(C)(C)[C@@H]4CC[C@@]3(C)[C@]2(C)CC1. The molecule has 0 aromatic heterocycles. The summed E-state index contributed by atoms with van der Waals surface area (Å²) in [5.74, 6) is 0.279. The van der Waals surface area contributed by atoms with Gasteiger partial charge in [-0.05, 0) is 85.0 Å². The first kappa shape index (κ1) is 27.1. The molecular weight excluding hydrogens is 458 g/mol. The summed E-state index contributed by atoms with van der Waals surface area (Å²) in [6.07, 6.45) is 11.3. The minimum Gasteiger partial charge on any atom is -0.342 e. The summed E-state index contributed by atoms with van der Waals surface area (Å²) >= 11 is 0. The average Bonchev–Trinajstić information content (AvgIpc) is 3.59. The third-order valence-corrected chi connectivity index (χ3v) is 13.2. The number of allylic oxidation sites excluding steroid dienone is 1. The number of carbonyl (C=O) groups is 2. The second-order valence-electron chi connectivity index (χ2n) is 15.9. The second-order valence-corrected chi connectivity index (χ2v) is 15.9. The number of nitrogens with zero attached hydrogens (tertiary/aromatic N) is 1. The molecule has 204 valence electrons. The van der Waals surface area contributed by atoms with Gasteiger partial charge in [0.05, 0.1) is 0 Å². The maximum absolute atomic E-state index is 14.2. The van der Waals surface area contributed by atoms with Gasteiger partial charge in [-0.15, -0.1) is 0 Å². The highest BCUT2D eigenvalue weighted by atomic mass is 16.6. The highest BCUT2D eigenvalue weighted by molar-refractivity contribution is 6.01. The molecule has 5 aliphatic rings. The normalized spacial score (nSPS) is 50.4. The predicted molar refractivity (Wildman–Crippen MR) is 146 cm³/mol. The van der Waals surface area contributed by atoms with Crippen LogP contribution in [0.5, 0.6) is 0 Å². The van der Waals surface area contributed by atoms with E-state index in [1.54, 1.807) is 0 Å². The van der Waals surface area contributed by atoms with Crippen molar-refractivity contribution < 1.29 is 14.3 Å². The van der Waals surface area contributed by atoms with Gasteiger partial charge in [0.15, 0.2) is 11.6 Å². The van der Waals surface area contributed by atoms with Crippen molar-refractivity contribution >= 4 is 11.6 Å². The van der Waals surface area contributed by atoms with Crippen molar-refractivity contribution in [2.24, 2.45) is 44.3 Å². The third-order valence-electron chi connectivity index (χ3n) is 13.2. The van der Waals surface area contributed by atoms with Gasteiger partial charge in [-0.25, -0.2) is 0 Å². The number of hydrogen-bond donors (Lipinski definition) is 0. The van der Waals surface area contributed by atoms with Crippen molar-refractivity contribution in [1.29, 1.82) is 5.26 Å². The van der Waals surface area contributed by atoms with Gasteiger partial charge in [0, 0.05) is 16.7 Å². The van der Waals surface area contributed by atoms with Crippen LogP contribution in [0.3, 0.4) is 0 Å². The molecule has 0 radical (unpaired) electrons. The Morgan fingerprint density at radius 1 is 0.919 bits per heavy atom. The number of epoxide rings is 1. The van der Waals surface area contributed by atoms with Gasteiger partial charge in [0.25, 0.3) is 0 Å². The standard InChI is InChI=1S/C33H49NO3/c1-10-29(6)16-15-27(2,3)13-11-21-22(35)19-24-31(8,30(21,7)18-17-29)14-12-23-28(4,5)25(36)33(20-34)26(37-33)32(23,24)9/h19,21,23,26H,10-18H2,1-9H3/t21?,23-,26+,29-,30+,31+,32-,33-/m0/s1. The largest absolute Gasteiger partial charge is 0.342 e. The molecule has 3 saturated carbocycles. The molecule has 4 aliphatic carbocycles. The number of Topliss-reactive ketones (excluding diaryl/α,β-unsaturated/α-hetero) is 1. The Hall–Kier alpha value is -1.47. The van der Waals surface area contributed by atoms with Gasteiger partial charge in [-0.2, -0.15) is 5.26 Å². The molecule has 1 aliphatic heterocycles. The number of carbonyl (C=O) groups excluding carboxylic acids is 2. The summed E-state index contributed by atoms with van der Waals surface area (Å²) in [6.45, 7) is 20.6. The molecule has 0 aromatic rings. The fraction of sp³-hybridized carbons (Fsp3) is 0.848. The number of rotatable bonds is 1. The van der Waals surface area contributed by atoms with Crippen molar-refractivity contribution in [1.82, 2.24) is 0 Å². The van der Waals surface area contributed by atoms with E-state index in [-0.39, 0.29) is 45.1 Å². The predicted octanol–water partition coefficient (Wildman–Crippen LogP) is 7.61. The number of nitriles is 1. The lowest BCUT2D eigenvalue weighted by Gasteiger charge is -2.65. The van der Waals surface area contributed by atoms with Gasteiger partial charge in [0.1, 0.15) is 12.2 Å². The van der Waals surface area contributed by atoms with Crippen LogP contribution >= 0.6 is 0 Å². The lowest BCUT2D eigenvalue weighted by Crippen LogP contribution is -2.64. The maximum atomic E-state index is 14.2. The first-order valence-corrected chi connectivity index (χ1v) is 14.9. The number of ketones is 2. The molecule has 4 nitrogen and oxygen atoms in total. The van der Waals surface area contributed by atoms with Crippen LogP contribution in [0.15, 0.2) is 11.6 Å². The minimum atomic E-state index is -1.35. The van der Waals surface area contributed by atoms with Gasteiger partial charge in [-0.1, -0.05) is 74.3 Å². The Morgan fingerprint density at radius 3 is 2.19 bits per heavy atom. The zero-order valence-electron chi connectivity index (χ0n) is 24.8. The van der Waals surface area contributed by atoms with E-state index in [9.17, 15) is 14.9 Å². The van der Waals surface area contributed by atoms with Crippen LogP contribution in [-0.4, -0.2) is 23.3 Å². The van der Waals surface area contributed by atoms with Crippen LogP contribution in [0.25, 0.3) is 0 Å². The van der Waals surface area contributed by atoms with E-state index >= 15 is 0 Å². The average molecular weight is 508 g/mol. The van der Waals surface area contributed by atoms with Gasteiger partial charge < -0.3 is 4.74 Å². The molecule has 0 N–H and O–H groups in total. The Balaban J connectivity index is 1.66. The van der Waals surface area contributed by atoms with Gasteiger partial charge in [-0.3, -0.25) is 9.59 Å². The Morgan fingerprint density at radius 2 is 1.57 bits per heavy atom. The van der Waals surface area contributed by atoms with E-state index in [1.165, 1.54) is 18.4 Å². The molecule has 1 heterocycles. The molecule has 0 aromatic carbocycles. The second kappa shape index (κ2) is 7.80. The van der Waals surface area contributed by atoms with Crippen molar-refractivity contribution in [2.75, 3.05) is 0 Å². The molecule has 0 amide bonds. The molecular formula is C33H49NO3. The number of ether oxygens (including phenoxy) is 1. The quantitative estimate of drug-likeness (QED) is 0.342. The third kappa shape index (κ3) is 3.34. The molecule has 37 heavy (non-hydrogen) atoms. The lowest BCUT2D eigenvalue weighted by molar-refractivity contribution is -0.147. The topological polar surface area (TPSA) is 70.5 Å². The highest BCUT2D eigenvalue weighted by Crippen LogP contribution is 2.75.